The van der Waals surface area contributed by atoms with Crippen LogP contribution in [0, 0.1) is 6.42 Å². The van der Waals surface area contributed by atoms with Crippen LogP contribution in [-0.4, -0.2) is 0 Å². The van der Waals surface area contributed by atoms with Crippen molar-refractivity contribution in [3.8, 4) is 0 Å². The number of unbranched alkanes of at least 4 members (excludes halogenated alkanes) is 1. The molecule has 0 aromatic heterocycles. The number of hydrogen-bond donors (Lipinski definition) is 0. The molecule has 0 aliphatic rings. The van der Waals surface area contributed by atoms with Crippen LogP contribution >= 0.6 is 11.6 Å². The van der Waals surface area contributed by atoms with Crippen LogP contribution in [0.4, 0.5) is 0 Å². The van der Waals surface area contributed by atoms with Crippen LogP contribution in [-0.2, 0) is 0 Å². The van der Waals surface area contributed by atoms with E-state index in [-0.39, 0.29) is 0 Å². The van der Waals surface area contributed by atoms with Gasteiger partial charge in [0, 0.05) is 5.54 Å². The number of rotatable bonds is 3. The Morgan fingerprint density at radius 3 is 2.71 bits per heavy atom. The summed E-state index contributed by atoms with van der Waals surface area (Å²) in [5, 5.41) is 0. The molecule has 0 saturated carbocycles. The van der Waals surface area contributed by atoms with Gasteiger partial charge in [0.15, 0.2) is 0 Å². The molecular formula is C6H8Cl. The molecule has 0 saturated heterocycles. The Morgan fingerprint density at radius 1 is 1.57 bits per heavy atom. The van der Waals surface area contributed by atoms with Crippen molar-refractivity contribution in [2.24, 2.45) is 0 Å². The van der Waals surface area contributed by atoms with E-state index in [1.807, 2.05) is 12.5 Å². The van der Waals surface area contributed by atoms with Gasteiger partial charge in [0.25, 0.3) is 0 Å². The molecule has 0 aromatic carbocycles. The van der Waals surface area contributed by atoms with Gasteiger partial charge in [-0.2, -0.15) is 0 Å². The van der Waals surface area contributed by atoms with Crippen LogP contribution < -0.4 is 0 Å². The lowest BCUT2D eigenvalue weighted by Gasteiger charge is -1.77. The van der Waals surface area contributed by atoms with Gasteiger partial charge in [0.05, 0.1) is 0 Å². The van der Waals surface area contributed by atoms with Gasteiger partial charge in [-0.05, 0) is 12.8 Å². The molecule has 0 aliphatic heterocycles. The summed E-state index contributed by atoms with van der Waals surface area (Å²) in [6, 6.07) is 0. The first kappa shape index (κ1) is 6.77. The van der Waals surface area contributed by atoms with E-state index in [9.17, 15) is 0 Å². The first-order valence-corrected chi connectivity index (χ1v) is 2.55. The maximum Gasteiger partial charge on any atom is 0.000558 e. The van der Waals surface area contributed by atoms with E-state index in [1.54, 1.807) is 6.08 Å². The van der Waals surface area contributed by atoms with Crippen LogP contribution in [0.15, 0.2) is 24.3 Å². The highest BCUT2D eigenvalue weighted by molar-refractivity contribution is 6.25. The minimum Gasteiger partial charge on any atom is -0.103 e. The molecule has 39 valence electrons. The molecule has 0 bridgehead atoms. The molecule has 1 heteroatoms. The van der Waals surface area contributed by atoms with Gasteiger partial charge in [-0.25, -0.2) is 0 Å². The molecule has 0 nitrogen and oxygen atoms in total. The summed E-state index contributed by atoms with van der Waals surface area (Å²) in [7, 11) is 0. The lowest BCUT2D eigenvalue weighted by molar-refractivity contribution is 1.30. The normalized spacial score (nSPS) is 9.86. The smallest absolute Gasteiger partial charge is 0.000558 e. The van der Waals surface area contributed by atoms with Crippen LogP contribution in [0.1, 0.15) is 6.42 Å². The van der Waals surface area contributed by atoms with E-state index < -0.39 is 0 Å². The van der Waals surface area contributed by atoms with Crippen molar-refractivity contribution < 1.29 is 0 Å². The Balaban J connectivity index is 2.82. The predicted molar refractivity (Wildman–Crippen MR) is 34.1 cm³/mol. The van der Waals surface area contributed by atoms with Gasteiger partial charge in [-0.3, -0.25) is 0 Å². The number of halogens is 1. The molecule has 1 radical (unpaired) electrons. The van der Waals surface area contributed by atoms with Gasteiger partial charge in [0.2, 0.25) is 0 Å². The second-order valence-electron chi connectivity index (χ2n) is 1.08. The highest BCUT2D eigenvalue weighted by Crippen LogP contribution is 1.89. The summed E-state index contributed by atoms with van der Waals surface area (Å²) in [6.45, 7) is 3.52. The number of hydrogen-bond acceptors (Lipinski definition) is 0. The molecule has 0 aromatic rings. The average Bonchev–Trinajstić information content (AvgIpc) is 1.69. The van der Waals surface area contributed by atoms with Gasteiger partial charge in [-0.15, -0.1) is 6.58 Å². The summed E-state index contributed by atoms with van der Waals surface area (Å²) in [4.78, 5) is 0. The maximum absolute atomic E-state index is 5.19. The van der Waals surface area contributed by atoms with Crippen LogP contribution in [0.3, 0.4) is 0 Å². The second kappa shape index (κ2) is 5.77. The summed E-state index contributed by atoms with van der Waals surface area (Å²) in [6.07, 6.45) is 6.42. The third-order valence-corrected chi connectivity index (χ3v) is 0.657. The Labute approximate surface area is 49.5 Å². The maximum atomic E-state index is 5.19. The Kier molecular flexibility index (Phi) is 5.58. The van der Waals surface area contributed by atoms with Crippen molar-refractivity contribution in [2.45, 2.75) is 6.42 Å². The van der Waals surface area contributed by atoms with Crippen LogP contribution in [0.25, 0.3) is 0 Å². The fourth-order valence-electron chi connectivity index (χ4n) is 0.226. The zero-order chi connectivity index (χ0) is 5.54. The molecule has 0 atom stereocenters. The molecular weight excluding hydrogens is 108 g/mol. The quantitative estimate of drug-likeness (QED) is 0.392. The van der Waals surface area contributed by atoms with Crippen molar-refractivity contribution >= 4 is 11.6 Å². The summed E-state index contributed by atoms with van der Waals surface area (Å²) in [5.41, 5.74) is 1.48. The molecule has 0 heterocycles. The minimum absolute atomic E-state index is 0.892. The third kappa shape index (κ3) is 5.77. The van der Waals surface area contributed by atoms with E-state index in [0.29, 0.717) is 0 Å². The fourth-order valence-corrected chi connectivity index (χ4v) is 0.329. The summed E-state index contributed by atoms with van der Waals surface area (Å²) < 4.78 is 0. The lowest BCUT2D eigenvalue weighted by Crippen LogP contribution is -1.59. The SMILES string of the molecule is C=CC[CH]C=CCl. The first-order valence-electron chi connectivity index (χ1n) is 2.11. The second-order valence-corrected chi connectivity index (χ2v) is 1.33. The Bertz CT molecular complexity index is 64.6. The van der Waals surface area contributed by atoms with Crippen molar-refractivity contribution in [3.05, 3.63) is 30.7 Å². The van der Waals surface area contributed by atoms with E-state index >= 15 is 0 Å². The first-order chi connectivity index (χ1) is 3.41. The standard InChI is InChI=1S/C6H8Cl/c1-2-3-4-5-6-7/h2,4-6H,1,3H2. The van der Waals surface area contributed by atoms with Gasteiger partial charge in [0.1, 0.15) is 0 Å². The highest BCUT2D eigenvalue weighted by atomic mass is 35.5. The molecule has 0 spiro atoms. The van der Waals surface area contributed by atoms with Crippen molar-refractivity contribution in [3.63, 3.8) is 0 Å². The number of allylic oxidation sites excluding steroid dienone is 2. The molecule has 0 fully saturated rings. The van der Waals surface area contributed by atoms with Gasteiger partial charge in [-0.1, -0.05) is 23.8 Å². The van der Waals surface area contributed by atoms with Crippen molar-refractivity contribution in [2.75, 3.05) is 0 Å². The molecule has 0 N–H and O–H groups in total. The largest absolute Gasteiger partial charge is 0.103 e. The molecule has 0 aliphatic carbocycles. The van der Waals surface area contributed by atoms with Crippen LogP contribution in [0.5, 0.6) is 0 Å². The van der Waals surface area contributed by atoms with Crippen LogP contribution in [0.2, 0.25) is 0 Å². The summed E-state index contributed by atoms with van der Waals surface area (Å²) >= 11 is 5.19. The topological polar surface area (TPSA) is 0 Å². The van der Waals surface area contributed by atoms with Crippen molar-refractivity contribution in [1.29, 1.82) is 0 Å². The minimum atomic E-state index is 0.892. The molecule has 0 unspecified atom stereocenters. The van der Waals surface area contributed by atoms with E-state index in [2.05, 4.69) is 6.58 Å². The molecule has 0 rings (SSSR count). The Morgan fingerprint density at radius 2 is 2.29 bits per heavy atom. The fraction of sp³-hybridized carbons (Fsp3) is 0.167. The van der Waals surface area contributed by atoms with Crippen molar-refractivity contribution in [1.82, 2.24) is 0 Å². The predicted octanol–water partition coefficient (Wildman–Crippen LogP) is 2.52. The van der Waals surface area contributed by atoms with Gasteiger partial charge >= 0.3 is 0 Å². The van der Waals surface area contributed by atoms with E-state index in [4.69, 9.17) is 11.6 Å². The van der Waals surface area contributed by atoms with E-state index in [1.165, 1.54) is 5.54 Å². The Hall–Kier alpha value is -0.230. The summed E-state index contributed by atoms with van der Waals surface area (Å²) in [5.74, 6) is 0. The molecule has 0 amide bonds. The zero-order valence-corrected chi connectivity index (χ0v) is 4.86. The lowest BCUT2D eigenvalue weighted by atomic mass is 10.3. The van der Waals surface area contributed by atoms with Gasteiger partial charge < -0.3 is 0 Å². The third-order valence-electron chi connectivity index (χ3n) is 0.512. The monoisotopic (exact) mass is 115 g/mol. The average molecular weight is 116 g/mol. The highest BCUT2D eigenvalue weighted by Gasteiger charge is 1.70. The molecule has 7 heavy (non-hydrogen) atoms. The van der Waals surface area contributed by atoms with E-state index in [0.717, 1.165) is 6.42 Å². The zero-order valence-electron chi connectivity index (χ0n) is 4.10.